The highest BCUT2D eigenvalue weighted by molar-refractivity contribution is 5.91. The van der Waals surface area contributed by atoms with Gasteiger partial charge < -0.3 is 9.47 Å². The van der Waals surface area contributed by atoms with Crippen LogP contribution in [0.15, 0.2) is 0 Å². The van der Waals surface area contributed by atoms with Crippen LogP contribution in [0.25, 0.3) is 0 Å². The molecule has 0 aromatic heterocycles. The lowest BCUT2D eigenvalue weighted by Gasteiger charge is -2.42. The highest BCUT2D eigenvalue weighted by Crippen LogP contribution is 2.39. The number of rotatable bonds is 4. The molecule has 4 heteroatoms. The summed E-state index contributed by atoms with van der Waals surface area (Å²) >= 11 is 0. The van der Waals surface area contributed by atoms with Crippen molar-refractivity contribution in [1.82, 2.24) is 0 Å². The van der Waals surface area contributed by atoms with E-state index in [4.69, 9.17) is 9.47 Å². The van der Waals surface area contributed by atoms with Crippen molar-refractivity contribution in [3.63, 3.8) is 0 Å². The summed E-state index contributed by atoms with van der Waals surface area (Å²) in [5.41, 5.74) is -0.458. The summed E-state index contributed by atoms with van der Waals surface area (Å²) < 4.78 is 10.3. The van der Waals surface area contributed by atoms with Gasteiger partial charge in [0.15, 0.2) is 6.10 Å². The fraction of sp³-hybridized carbons (Fsp3) is 0.818. The van der Waals surface area contributed by atoms with Crippen molar-refractivity contribution >= 4 is 11.8 Å². The van der Waals surface area contributed by atoms with Crippen molar-refractivity contribution in [2.75, 3.05) is 6.61 Å². The van der Waals surface area contributed by atoms with Crippen molar-refractivity contribution in [3.8, 4) is 0 Å². The SMILES string of the molecule is CCOC(=O)[C@H](C)OC1CC(=O)C1(C)C. The second kappa shape index (κ2) is 4.31. The van der Waals surface area contributed by atoms with Crippen LogP contribution < -0.4 is 0 Å². The van der Waals surface area contributed by atoms with Crippen LogP contribution >= 0.6 is 0 Å². The topological polar surface area (TPSA) is 52.6 Å². The zero-order valence-corrected chi connectivity index (χ0v) is 9.70. The van der Waals surface area contributed by atoms with Crippen LogP contribution in [0.1, 0.15) is 34.1 Å². The van der Waals surface area contributed by atoms with Crippen molar-refractivity contribution in [1.29, 1.82) is 0 Å². The van der Waals surface area contributed by atoms with Crippen molar-refractivity contribution < 1.29 is 19.1 Å². The molecule has 1 fully saturated rings. The van der Waals surface area contributed by atoms with E-state index in [2.05, 4.69) is 0 Å². The molecule has 86 valence electrons. The predicted octanol–water partition coefficient (Wildman–Crippen LogP) is 1.32. The lowest BCUT2D eigenvalue weighted by atomic mass is 9.68. The van der Waals surface area contributed by atoms with Gasteiger partial charge in [-0.2, -0.15) is 0 Å². The van der Waals surface area contributed by atoms with Gasteiger partial charge in [-0.05, 0) is 13.8 Å². The summed E-state index contributed by atoms with van der Waals surface area (Å²) in [5.74, 6) is -0.184. The van der Waals surface area contributed by atoms with E-state index in [1.807, 2.05) is 13.8 Å². The average Bonchev–Trinajstić information content (AvgIpc) is 2.17. The second-order valence-electron chi connectivity index (χ2n) is 4.37. The molecule has 0 heterocycles. The molecule has 1 rings (SSSR count). The number of ether oxygens (including phenoxy) is 2. The normalized spacial score (nSPS) is 25.6. The summed E-state index contributed by atoms with van der Waals surface area (Å²) in [6.45, 7) is 7.42. The number of ketones is 1. The molecular formula is C11H18O4. The van der Waals surface area contributed by atoms with E-state index in [9.17, 15) is 9.59 Å². The molecule has 0 amide bonds. The molecule has 1 aliphatic carbocycles. The third-order valence-corrected chi connectivity index (χ3v) is 2.88. The molecule has 0 aromatic carbocycles. The van der Waals surface area contributed by atoms with Gasteiger partial charge in [0.1, 0.15) is 5.78 Å². The second-order valence-corrected chi connectivity index (χ2v) is 4.37. The summed E-state index contributed by atoms with van der Waals surface area (Å²) in [5, 5.41) is 0. The molecule has 4 nitrogen and oxygen atoms in total. The minimum Gasteiger partial charge on any atom is -0.464 e. The van der Waals surface area contributed by atoms with Crippen LogP contribution in [0.5, 0.6) is 0 Å². The van der Waals surface area contributed by atoms with Gasteiger partial charge in [-0.1, -0.05) is 13.8 Å². The van der Waals surface area contributed by atoms with Crippen molar-refractivity contribution in [3.05, 3.63) is 0 Å². The molecule has 15 heavy (non-hydrogen) atoms. The molecule has 0 aromatic rings. The number of carbonyl (C=O) groups is 2. The molecular weight excluding hydrogens is 196 g/mol. The Morgan fingerprint density at radius 2 is 2.20 bits per heavy atom. The third-order valence-electron chi connectivity index (χ3n) is 2.88. The number of hydrogen-bond donors (Lipinski definition) is 0. The Morgan fingerprint density at radius 1 is 1.60 bits per heavy atom. The van der Waals surface area contributed by atoms with Crippen LogP contribution in [0, 0.1) is 5.41 Å². The van der Waals surface area contributed by atoms with Gasteiger partial charge in [0.05, 0.1) is 18.1 Å². The van der Waals surface area contributed by atoms with E-state index < -0.39 is 11.5 Å². The maximum Gasteiger partial charge on any atom is 0.334 e. The van der Waals surface area contributed by atoms with Crippen LogP contribution in [-0.4, -0.2) is 30.6 Å². The maximum atomic E-state index is 11.3. The van der Waals surface area contributed by atoms with Gasteiger partial charge in [0.25, 0.3) is 0 Å². The van der Waals surface area contributed by atoms with Gasteiger partial charge in [-0.25, -0.2) is 4.79 Å². The summed E-state index contributed by atoms with van der Waals surface area (Å²) in [7, 11) is 0. The number of carbonyl (C=O) groups excluding carboxylic acids is 2. The lowest BCUT2D eigenvalue weighted by molar-refractivity contribution is -0.179. The highest BCUT2D eigenvalue weighted by atomic mass is 16.6. The minimum absolute atomic E-state index is 0.163. The Morgan fingerprint density at radius 3 is 2.60 bits per heavy atom. The maximum absolute atomic E-state index is 11.3. The van der Waals surface area contributed by atoms with Crippen LogP contribution in [-0.2, 0) is 19.1 Å². The predicted molar refractivity (Wildman–Crippen MR) is 54.4 cm³/mol. The summed E-state index contributed by atoms with van der Waals surface area (Å²) in [6.07, 6.45) is -0.358. The first-order chi connectivity index (χ1) is 6.89. The van der Waals surface area contributed by atoms with E-state index in [-0.39, 0.29) is 17.9 Å². The monoisotopic (exact) mass is 214 g/mol. The Kier molecular flexibility index (Phi) is 3.50. The van der Waals surface area contributed by atoms with Crippen molar-refractivity contribution in [2.24, 2.45) is 5.41 Å². The van der Waals surface area contributed by atoms with Crippen LogP contribution in [0.2, 0.25) is 0 Å². The quantitative estimate of drug-likeness (QED) is 0.662. The molecule has 1 aliphatic rings. The van der Waals surface area contributed by atoms with Gasteiger partial charge >= 0.3 is 5.97 Å². The van der Waals surface area contributed by atoms with Crippen LogP contribution in [0.4, 0.5) is 0 Å². The Balaban J connectivity index is 2.43. The molecule has 0 aliphatic heterocycles. The lowest BCUT2D eigenvalue weighted by Crippen LogP contribution is -2.53. The largest absolute Gasteiger partial charge is 0.464 e. The smallest absolute Gasteiger partial charge is 0.334 e. The Bertz CT molecular complexity index is 270. The molecule has 0 bridgehead atoms. The van der Waals surface area contributed by atoms with Gasteiger partial charge in [-0.15, -0.1) is 0 Å². The Labute approximate surface area is 89.9 Å². The standard InChI is InChI=1S/C11H18O4/c1-5-14-10(13)7(2)15-9-6-8(12)11(9,3)4/h7,9H,5-6H2,1-4H3/t7-,9?/m0/s1. The van der Waals surface area contributed by atoms with E-state index >= 15 is 0 Å². The minimum atomic E-state index is -0.595. The van der Waals surface area contributed by atoms with E-state index in [1.54, 1.807) is 13.8 Å². The van der Waals surface area contributed by atoms with Crippen LogP contribution in [0.3, 0.4) is 0 Å². The zero-order chi connectivity index (χ0) is 11.6. The molecule has 0 spiro atoms. The van der Waals surface area contributed by atoms with E-state index in [0.717, 1.165) is 0 Å². The van der Waals surface area contributed by atoms with Crippen molar-refractivity contribution in [2.45, 2.75) is 46.3 Å². The highest BCUT2D eigenvalue weighted by Gasteiger charge is 2.49. The number of esters is 1. The summed E-state index contributed by atoms with van der Waals surface area (Å²) in [4.78, 5) is 22.5. The summed E-state index contributed by atoms with van der Waals surface area (Å²) in [6, 6.07) is 0. The number of Topliss-reactive ketones (excluding diaryl/α,β-unsaturated/α-hetero) is 1. The first kappa shape index (κ1) is 12.2. The first-order valence-corrected chi connectivity index (χ1v) is 5.25. The molecule has 2 atom stereocenters. The van der Waals surface area contributed by atoms with E-state index in [0.29, 0.717) is 13.0 Å². The average molecular weight is 214 g/mol. The van der Waals surface area contributed by atoms with E-state index in [1.165, 1.54) is 0 Å². The molecule has 1 saturated carbocycles. The Hall–Kier alpha value is -0.900. The fourth-order valence-corrected chi connectivity index (χ4v) is 1.51. The first-order valence-electron chi connectivity index (χ1n) is 5.25. The third kappa shape index (κ3) is 2.37. The molecule has 1 unspecified atom stereocenters. The van der Waals surface area contributed by atoms with Gasteiger partial charge in [0, 0.05) is 6.42 Å². The molecule has 0 radical (unpaired) electrons. The van der Waals surface area contributed by atoms with Gasteiger partial charge in [-0.3, -0.25) is 4.79 Å². The molecule has 0 saturated heterocycles. The number of hydrogen-bond acceptors (Lipinski definition) is 4. The molecule has 0 N–H and O–H groups in total. The van der Waals surface area contributed by atoms with Gasteiger partial charge in [0.2, 0.25) is 0 Å². The zero-order valence-electron chi connectivity index (χ0n) is 9.70. The fourth-order valence-electron chi connectivity index (χ4n) is 1.51.